The molecule has 1 aliphatic rings. The fourth-order valence-corrected chi connectivity index (χ4v) is 2.93. The Morgan fingerprint density at radius 3 is 2.33 bits per heavy atom. The highest BCUT2D eigenvalue weighted by Crippen LogP contribution is 2.32. The Labute approximate surface area is 123 Å². The number of carbonyl (C=O) groups is 3. The minimum Gasteiger partial charge on any atom is -0.481 e. The smallest absolute Gasteiger partial charge is 0.307 e. The second kappa shape index (κ2) is 7.02. The Kier molecular flexibility index (Phi) is 5.09. The topological polar surface area (TPSA) is 74.7 Å². The molecule has 1 fully saturated rings. The predicted molar refractivity (Wildman–Crippen MR) is 77.9 cm³/mol. The summed E-state index contributed by atoms with van der Waals surface area (Å²) in [6.07, 6.45) is 3.45. The van der Waals surface area contributed by atoms with Gasteiger partial charge in [0.1, 0.15) is 6.29 Å². The first-order valence-electron chi connectivity index (χ1n) is 7.18. The number of carboxylic acid groups (broad SMARTS) is 1. The average Bonchev–Trinajstić information content (AvgIpc) is 2.52. The molecule has 1 N–H and O–H groups in total. The monoisotopic (exact) mass is 289 g/mol. The standard InChI is InChI=1S/C16H19NO4/c18-11-10-17(12-6-2-1-3-7-12)15(19)13-8-4-5-9-14(13)16(20)21/h1-3,6-7,11,13-14H,4-5,8-10H2,(H,20,21). The molecule has 0 aromatic heterocycles. The number of aldehydes is 1. The van der Waals surface area contributed by atoms with Crippen LogP contribution >= 0.6 is 0 Å². The van der Waals surface area contributed by atoms with Gasteiger partial charge in [-0.2, -0.15) is 0 Å². The lowest BCUT2D eigenvalue weighted by molar-refractivity contribution is -0.148. The Bertz CT molecular complexity index is 514. The Morgan fingerprint density at radius 1 is 1.14 bits per heavy atom. The van der Waals surface area contributed by atoms with Gasteiger partial charge in [0.05, 0.1) is 18.4 Å². The molecule has 1 saturated carbocycles. The quantitative estimate of drug-likeness (QED) is 0.842. The van der Waals surface area contributed by atoms with Gasteiger partial charge in [0.25, 0.3) is 0 Å². The van der Waals surface area contributed by atoms with Crippen LogP contribution in [0.2, 0.25) is 0 Å². The number of amides is 1. The minimum atomic E-state index is -0.924. The number of carbonyl (C=O) groups excluding carboxylic acids is 2. The van der Waals surface area contributed by atoms with Crippen LogP contribution in [0.4, 0.5) is 5.69 Å². The first-order chi connectivity index (χ1) is 10.1. The number of anilines is 1. The van der Waals surface area contributed by atoms with Crippen LogP contribution in [0, 0.1) is 11.8 Å². The summed E-state index contributed by atoms with van der Waals surface area (Å²) in [7, 11) is 0. The maximum Gasteiger partial charge on any atom is 0.307 e. The Balaban J connectivity index is 2.25. The Hall–Kier alpha value is -2.17. The second-order valence-electron chi connectivity index (χ2n) is 5.29. The van der Waals surface area contributed by atoms with Crippen LogP contribution in [0.1, 0.15) is 25.7 Å². The highest BCUT2D eigenvalue weighted by molar-refractivity contribution is 5.99. The van der Waals surface area contributed by atoms with Gasteiger partial charge < -0.3 is 14.8 Å². The van der Waals surface area contributed by atoms with Crippen molar-refractivity contribution in [2.24, 2.45) is 11.8 Å². The summed E-state index contributed by atoms with van der Waals surface area (Å²) in [4.78, 5) is 36.3. The van der Waals surface area contributed by atoms with Crippen molar-refractivity contribution in [1.29, 1.82) is 0 Å². The van der Waals surface area contributed by atoms with Gasteiger partial charge in [-0.15, -0.1) is 0 Å². The summed E-state index contributed by atoms with van der Waals surface area (Å²) in [5, 5.41) is 9.30. The molecule has 1 aromatic carbocycles. The van der Waals surface area contributed by atoms with Gasteiger partial charge in [0, 0.05) is 5.69 Å². The van der Waals surface area contributed by atoms with E-state index in [4.69, 9.17) is 0 Å². The molecular weight excluding hydrogens is 270 g/mol. The van der Waals surface area contributed by atoms with Gasteiger partial charge in [-0.1, -0.05) is 31.0 Å². The number of rotatable bonds is 5. The molecule has 0 aliphatic heterocycles. The van der Waals surface area contributed by atoms with Gasteiger partial charge in [0.15, 0.2) is 0 Å². The van der Waals surface area contributed by atoms with E-state index in [2.05, 4.69) is 0 Å². The zero-order valence-corrected chi connectivity index (χ0v) is 11.8. The van der Waals surface area contributed by atoms with Crippen molar-refractivity contribution in [2.45, 2.75) is 25.7 Å². The van der Waals surface area contributed by atoms with E-state index in [1.54, 1.807) is 24.3 Å². The summed E-state index contributed by atoms with van der Waals surface area (Å²) < 4.78 is 0. The molecule has 2 unspecified atom stereocenters. The van der Waals surface area contributed by atoms with Crippen molar-refractivity contribution in [3.05, 3.63) is 30.3 Å². The van der Waals surface area contributed by atoms with E-state index in [1.165, 1.54) is 4.90 Å². The predicted octanol–water partition coefficient (Wildman–Crippen LogP) is 2.11. The number of benzene rings is 1. The van der Waals surface area contributed by atoms with Gasteiger partial charge in [-0.05, 0) is 25.0 Å². The van der Waals surface area contributed by atoms with Crippen LogP contribution in [0.5, 0.6) is 0 Å². The zero-order valence-electron chi connectivity index (χ0n) is 11.8. The third kappa shape index (κ3) is 3.48. The fourth-order valence-electron chi connectivity index (χ4n) is 2.93. The summed E-state index contributed by atoms with van der Waals surface area (Å²) >= 11 is 0. The van der Waals surface area contributed by atoms with Crippen molar-refractivity contribution in [2.75, 3.05) is 11.4 Å². The van der Waals surface area contributed by atoms with E-state index >= 15 is 0 Å². The van der Waals surface area contributed by atoms with E-state index in [-0.39, 0.29) is 12.5 Å². The van der Waals surface area contributed by atoms with E-state index in [0.717, 1.165) is 12.8 Å². The third-order valence-electron chi connectivity index (χ3n) is 3.99. The van der Waals surface area contributed by atoms with Crippen molar-refractivity contribution < 1.29 is 19.5 Å². The summed E-state index contributed by atoms with van der Waals surface area (Å²) in [5.74, 6) is -2.38. The zero-order chi connectivity index (χ0) is 15.2. The lowest BCUT2D eigenvalue weighted by atomic mass is 9.78. The van der Waals surface area contributed by atoms with Crippen LogP contribution in [-0.4, -0.2) is 29.8 Å². The molecule has 21 heavy (non-hydrogen) atoms. The van der Waals surface area contributed by atoms with Crippen molar-refractivity contribution in [3.63, 3.8) is 0 Å². The maximum absolute atomic E-state index is 12.7. The molecule has 2 rings (SSSR count). The molecule has 0 saturated heterocycles. The van der Waals surface area contributed by atoms with E-state index in [0.29, 0.717) is 24.8 Å². The summed E-state index contributed by atoms with van der Waals surface area (Å²) in [6, 6.07) is 8.90. The number of nitrogens with zero attached hydrogens (tertiary/aromatic N) is 1. The van der Waals surface area contributed by atoms with Crippen LogP contribution in [0.25, 0.3) is 0 Å². The molecule has 112 valence electrons. The molecule has 1 aromatic rings. The van der Waals surface area contributed by atoms with Crippen LogP contribution in [0.3, 0.4) is 0 Å². The lowest BCUT2D eigenvalue weighted by Gasteiger charge is -2.32. The average molecular weight is 289 g/mol. The van der Waals surface area contributed by atoms with E-state index < -0.39 is 17.8 Å². The third-order valence-corrected chi connectivity index (χ3v) is 3.99. The Morgan fingerprint density at radius 2 is 1.76 bits per heavy atom. The molecule has 0 spiro atoms. The highest BCUT2D eigenvalue weighted by atomic mass is 16.4. The normalized spacial score (nSPS) is 21.5. The largest absolute Gasteiger partial charge is 0.481 e. The minimum absolute atomic E-state index is 0.0499. The van der Waals surface area contributed by atoms with Crippen molar-refractivity contribution in [1.82, 2.24) is 0 Å². The van der Waals surface area contributed by atoms with E-state index in [9.17, 15) is 19.5 Å². The van der Waals surface area contributed by atoms with Crippen LogP contribution < -0.4 is 4.90 Å². The molecule has 5 nitrogen and oxygen atoms in total. The molecule has 2 atom stereocenters. The summed E-state index contributed by atoms with van der Waals surface area (Å²) in [5.41, 5.74) is 0.629. The highest BCUT2D eigenvalue weighted by Gasteiger charge is 2.38. The van der Waals surface area contributed by atoms with Crippen molar-refractivity contribution >= 4 is 23.9 Å². The molecule has 5 heteroatoms. The molecule has 1 amide bonds. The van der Waals surface area contributed by atoms with E-state index in [1.807, 2.05) is 6.07 Å². The molecule has 0 radical (unpaired) electrons. The van der Waals surface area contributed by atoms with Gasteiger partial charge >= 0.3 is 5.97 Å². The number of carboxylic acids is 1. The number of hydrogen-bond donors (Lipinski definition) is 1. The number of hydrogen-bond acceptors (Lipinski definition) is 3. The van der Waals surface area contributed by atoms with Crippen LogP contribution in [-0.2, 0) is 14.4 Å². The first-order valence-corrected chi connectivity index (χ1v) is 7.18. The number of aliphatic carboxylic acids is 1. The molecular formula is C16H19NO4. The van der Waals surface area contributed by atoms with Gasteiger partial charge in [-0.3, -0.25) is 9.59 Å². The SMILES string of the molecule is O=CCN(C(=O)C1CCCCC1C(=O)O)c1ccccc1. The number of para-hydroxylation sites is 1. The van der Waals surface area contributed by atoms with Gasteiger partial charge in [0.2, 0.25) is 5.91 Å². The first kappa shape index (κ1) is 15.2. The van der Waals surface area contributed by atoms with Crippen LogP contribution in [0.15, 0.2) is 30.3 Å². The fraction of sp³-hybridized carbons (Fsp3) is 0.438. The lowest BCUT2D eigenvalue weighted by Crippen LogP contribution is -2.43. The second-order valence-corrected chi connectivity index (χ2v) is 5.29. The summed E-state index contributed by atoms with van der Waals surface area (Å²) in [6.45, 7) is -0.0499. The van der Waals surface area contributed by atoms with Gasteiger partial charge in [-0.25, -0.2) is 0 Å². The molecule has 1 aliphatic carbocycles. The molecule has 0 heterocycles. The molecule has 0 bridgehead atoms. The maximum atomic E-state index is 12.7. The van der Waals surface area contributed by atoms with Crippen molar-refractivity contribution in [3.8, 4) is 0 Å².